The molecular weight excluding hydrogens is 212 g/mol. The normalized spacial score (nSPS) is 16.0. The Bertz CT molecular complexity index is 435. The number of hydrogen-bond acceptors (Lipinski definition) is 2. The molecule has 2 rings (SSSR count). The van der Waals surface area contributed by atoms with Crippen LogP contribution in [0, 0.1) is 6.92 Å². The average molecular weight is 232 g/mol. The first-order valence-electron chi connectivity index (χ1n) is 6.37. The molecule has 1 aliphatic carbocycles. The van der Waals surface area contributed by atoms with Gasteiger partial charge >= 0.3 is 0 Å². The first kappa shape index (κ1) is 12.1. The molecule has 0 saturated heterocycles. The molecule has 1 heterocycles. The van der Waals surface area contributed by atoms with E-state index in [0.29, 0.717) is 6.42 Å². The molecule has 92 valence electrons. The fourth-order valence-corrected chi connectivity index (χ4v) is 2.44. The van der Waals surface area contributed by atoms with E-state index in [2.05, 4.69) is 5.10 Å². The summed E-state index contributed by atoms with van der Waals surface area (Å²) in [6.07, 6.45) is 8.34. The van der Waals surface area contributed by atoms with Crippen molar-refractivity contribution >= 4 is 5.78 Å². The van der Waals surface area contributed by atoms with Crippen LogP contribution in [0.2, 0.25) is 0 Å². The number of aryl methyl sites for hydroxylation is 2. The molecule has 0 aromatic carbocycles. The molecule has 0 spiro atoms. The largest absolute Gasteiger partial charge is 0.294 e. The Morgan fingerprint density at radius 1 is 1.41 bits per heavy atom. The van der Waals surface area contributed by atoms with Crippen molar-refractivity contribution in [3.05, 3.63) is 29.1 Å². The minimum Gasteiger partial charge on any atom is -0.294 e. The summed E-state index contributed by atoms with van der Waals surface area (Å²) in [5.74, 6) is 0.213. The molecule has 0 amide bonds. The van der Waals surface area contributed by atoms with Crippen molar-refractivity contribution in [2.75, 3.05) is 0 Å². The van der Waals surface area contributed by atoms with Gasteiger partial charge in [0.15, 0.2) is 5.78 Å². The quantitative estimate of drug-likeness (QED) is 0.751. The summed E-state index contributed by atoms with van der Waals surface area (Å²) in [5.41, 5.74) is 3.31. The van der Waals surface area contributed by atoms with Gasteiger partial charge in [0, 0.05) is 12.7 Å². The second kappa shape index (κ2) is 5.30. The third kappa shape index (κ3) is 3.29. The molecule has 1 aromatic rings. The van der Waals surface area contributed by atoms with Crippen molar-refractivity contribution in [2.24, 2.45) is 7.05 Å². The molecule has 17 heavy (non-hydrogen) atoms. The minimum atomic E-state index is 0.213. The third-order valence-corrected chi connectivity index (χ3v) is 3.32. The number of aromatic nitrogens is 2. The molecular formula is C14H20N2O. The molecule has 0 radical (unpaired) electrons. The lowest BCUT2D eigenvalue weighted by molar-refractivity contribution is -0.114. The smallest absolute Gasteiger partial charge is 0.161 e. The van der Waals surface area contributed by atoms with Crippen LogP contribution in [0.3, 0.4) is 0 Å². The highest BCUT2D eigenvalue weighted by Crippen LogP contribution is 2.22. The zero-order valence-electron chi connectivity index (χ0n) is 10.7. The van der Waals surface area contributed by atoms with E-state index in [1.807, 2.05) is 26.1 Å². The van der Waals surface area contributed by atoms with Crippen LogP contribution >= 0.6 is 0 Å². The molecule has 1 aliphatic rings. The number of hydrogen-bond donors (Lipinski definition) is 0. The highest BCUT2D eigenvalue weighted by atomic mass is 16.1. The lowest BCUT2D eigenvalue weighted by Crippen LogP contribution is -2.06. The zero-order chi connectivity index (χ0) is 12.3. The molecule has 0 atom stereocenters. The molecule has 3 heteroatoms. The monoisotopic (exact) mass is 232 g/mol. The SMILES string of the molecule is Cc1cc(CC(=O)C=C2CCCCC2)n(C)n1. The lowest BCUT2D eigenvalue weighted by Gasteiger charge is -2.12. The fourth-order valence-electron chi connectivity index (χ4n) is 2.44. The van der Waals surface area contributed by atoms with Gasteiger partial charge in [0.05, 0.1) is 12.1 Å². The third-order valence-electron chi connectivity index (χ3n) is 3.32. The summed E-state index contributed by atoms with van der Waals surface area (Å²) in [6, 6.07) is 1.98. The van der Waals surface area contributed by atoms with E-state index in [-0.39, 0.29) is 5.78 Å². The molecule has 0 aliphatic heterocycles. The Morgan fingerprint density at radius 3 is 2.71 bits per heavy atom. The average Bonchev–Trinajstić information content (AvgIpc) is 2.58. The number of carbonyl (C=O) groups is 1. The highest BCUT2D eigenvalue weighted by molar-refractivity contribution is 5.91. The van der Waals surface area contributed by atoms with Crippen molar-refractivity contribution in [2.45, 2.75) is 45.4 Å². The van der Waals surface area contributed by atoms with Crippen LogP contribution in [0.5, 0.6) is 0 Å². The number of rotatable bonds is 3. The minimum absolute atomic E-state index is 0.213. The van der Waals surface area contributed by atoms with Crippen LogP contribution < -0.4 is 0 Å². The van der Waals surface area contributed by atoms with Gasteiger partial charge in [0.25, 0.3) is 0 Å². The van der Waals surface area contributed by atoms with E-state index in [9.17, 15) is 4.79 Å². The van der Waals surface area contributed by atoms with E-state index in [1.165, 1.54) is 24.8 Å². The summed E-state index contributed by atoms with van der Waals surface area (Å²) in [6.45, 7) is 1.95. The Hall–Kier alpha value is -1.38. The van der Waals surface area contributed by atoms with E-state index in [4.69, 9.17) is 0 Å². The van der Waals surface area contributed by atoms with Crippen molar-refractivity contribution < 1.29 is 4.79 Å². The van der Waals surface area contributed by atoms with Gasteiger partial charge in [0.1, 0.15) is 0 Å². The fraction of sp³-hybridized carbons (Fsp3) is 0.571. The van der Waals surface area contributed by atoms with Gasteiger partial charge in [-0.05, 0) is 44.7 Å². The van der Waals surface area contributed by atoms with E-state index >= 15 is 0 Å². The van der Waals surface area contributed by atoms with E-state index in [1.54, 1.807) is 4.68 Å². The van der Waals surface area contributed by atoms with Gasteiger partial charge in [-0.15, -0.1) is 0 Å². The summed E-state index contributed by atoms with van der Waals surface area (Å²) < 4.78 is 1.80. The number of nitrogens with zero attached hydrogens (tertiary/aromatic N) is 2. The van der Waals surface area contributed by atoms with Crippen LogP contribution in [0.15, 0.2) is 17.7 Å². The molecule has 0 bridgehead atoms. The summed E-state index contributed by atoms with van der Waals surface area (Å²) in [4.78, 5) is 11.9. The van der Waals surface area contributed by atoms with Crippen molar-refractivity contribution in [1.82, 2.24) is 9.78 Å². The van der Waals surface area contributed by atoms with Crippen molar-refractivity contribution in [3.63, 3.8) is 0 Å². The first-order chi connectivity index (χ1) is 8.15. The molecule has 1 saturated carbocycles. The van der Waals surface area contributed by atoms with Gasteiger partial charge in [-0.2, -0.15) is 5.10 Å². The Labute approximate surface area is 103 Å². The number of carbonyl (C=O) groups excluding carboxylic acids is 1. The van der Waals surface area contributed by atoms with Gasteiger partial charge in [-0.1, -0.05) is 12.0 Å². The molecule has 0 N–H and O–H groups in total. The molecule has 0 unspecified atom stereocenters. The second-order valence-corrected chi connectivity index (χ2v) is 4.91. The van der Waals surface area contributed by atoms with E-state index < -0.39 is 0 Å². The van der Waals surface area contributed by atoms with Crippen LogP contribution in [0.4, 0.5) is 0 Å². The highest BCUT2D eigenvalue weighted by Gasteiger charge is 2.10. The number of ketones is 1. The number of allylic oxidation sites excluding steroid dienone is 2. The Kier molecular flexibility index (Phi) is 3.77. The topological polar surface area (TPSA) is 34.9 Å². The van der Waals surface area contributed by atoms with Crippen LogP contribution in [0.25, 0.3) is 0 Å². The summed E-state index contributed by atoms with van der Waals surface area (Å²) in [7, 11) is 1.89. The maximum atomic E-state index is 11.9. The molecule has 1 fully saturated rings. The van der Waals surface area contributed by atoms with E-state index in [0.717, 1.165) is 24.2 Å². The Balaban J connectivity index is 1.99. The lowest BCUT2D eigenvalue weighted by atomic mass is 9.93. The van der Waals surface area contributed by atoms with Gasteiger partial charge in [0.2, 0.25) is 0 Å². The van der Waals surface area contributed by atoms with Crippen LogP contribution in [0.1, 0.15) is 43.5 Å². The second-order valence-electron chi connectivity index (χ2n) is 4.91. The summed E-state index contributed by atoms with van der Waals surface area (Å²) >= 11 is 0. The van der Waals surface area contributed by atoms with Crippen LogP contribution in [-0.2, 0) is 18.3 Å². The van der Waals surface area contributed by atoms with Gasteiger partial charge in [-0.25, -0.2) is 0 Å². The standard InChI is InChI=1S/C14H20N2O/c1-11-8-13(16(2)15-11)10-14(17)9-12-6-4-3-5-7-12/h8-9H,3-7,10H2,1-2H3. The molecule has 1 aromatic heterocycles. The predicted molar refractivity (Wildman–Crippen MR) is 67.8 cm³/mol. The Morgan fingerprint density at radius 2 is 2.12 bits per heavy atom. The first-order valence-corrected chi connectivity index (χ1v) is 6.37. The van der Waals surface area contributed by atoms with Gasteiger partial charge < -0.3 is 0 Å². The summed E-state index contributed by atoms with van der Waals surface area (Å²) in [5, 5.41) is 4.25. The maximum Gasteiger partial charge on any atom is 0.161 e. The van der Waals surface area contributed by atoms with Crippen LogP contribution in [-0.4, -0.2) is 15.6 Å². The molecule has 3 nitrogen and oxygen atoms in total. The van der Waals surface area contributed by atoms with Crippen molar-refractivity contribution in [1.29, 1.82) is 0 Å². The van der Waals surface area contributed by atoms with Crippen molar-refractivity contribution in [3.8, 4) is 0 Å². The zero-order valence-corrected chi connectivity index (χ0v) is 10.7. The maximum absolute atomic E-state index is 11.9. The van der Waals surface area contributed by atoms with Gasteiger partial charge in [-0.3, -0.25) is 9.48 Å². The predicted octanol–water partition coefficient (Wildman–Crippen LogP) is 2.73.